The molecule has 0 bridgehead atoms. The van der Waals surface area contributed by atoms with Crippen LogP contribution < -0.4 is 40.4 Å². The summed E-state index contributed by atoms with van der Waals surface area (Å²) in [7, 11) is -4.64. The second kappa shape index (κ2) is 9.25. The molecule has 0 aliphatic rings. The molecule has 0 radical (unpaired) electrons. The van der Waals surface area contributed by atoms with Gasteiger partial charge in [0.05, 0.1) is 18.4 Å². The summed E-state index contributed by atoms with van der Waals surface area (Å²) in [5.74, 6) is -2.79. The molecule has 0 aliphatic carbocycles. The van der Waals surface area contributed by atoms with Crippen LogP contribution in [-0.4, -0.2) is 37.8 Å². The van der Waals surface area contributed by atoms with Crippen LogP contribution in [0.5, 0.6) is 0 Å². The van der Waals surface area contributed by atoms with Crippen molar-refractivity contribution in [1.82, 2.24) is 0 Å². The molecule has 0 fully saturated rings. The number of carboxylic acids is 2. The van der Waals surface area contributed by atoms with Gasteiger partial charge in [-0.3, -0.25) is 4.79 Å². The Balaban J connectivity index is -0.000000208. The summed E-state index contributed by atoms with van der Waals surface area (Å²) in [5, 5.41) is 17.7. The monoisotopic (exact) mass is 253 g/mol. The third-order valence-corrected chi connectivity index (χ3v) is 0.697. The number of carbonyl (C=O) groups is 2. The van der Waals surface area contributed by atoms with Crippen LogP contribution in [0.15, 0.2) is 0 Å². The third-order valence-electron chi connectivity index (χ3n) is 0.697. The van der Waals surface area contributed by atoms with E-state index in [0.717, 1.165) is 0 Å². The number of nitrogens with two attached hydrogens (primary N) is 1. The number of carbonyl (C=O) groups excluding carboxylic acids is 1. The number of hydrogen-bond acceptors (Lipinski definition) is 5. The first-order valence-corrected chi connectivity index (χ1v) is 4.57. The molecule has 0 heterocycles. The molecule has 0 saturated heterocycles. The van der Waals surface area contributed by atoms with Crippen molar-refractivity contribution < 1.29 is 68.6 Å². The summed E-state index contributed by atoms with van der Waals surface area (Å²) in [6.45, 7) is 0. The van der Waals surface area contributed by atoms with Gasteiger partial charge in [-0.1, -0.05) is 0 Å². The molecule has 0 aliphatic heterocycles. The van der Waals surface area contributed by atoms with E-state index in [1.54, 1.807) is 0 Å². The topological polar surface area (TPSA) is 181 Å². The van der Waals surface area contributed by atoms with E-state index in [0.29, 0.717) is 0 Å². The van der Waals surface area contributed by atoms with Gasteiger partial charge < -0.3 is 35.4 Å². The Bertz CT molecular complexity index is 243. The summed E-state index contributed by atoms with van der Waals surface area (Å²) in [5.41, 5.74) is 4.77. The third kappa shape index (κ3) is 31.5. The Morgan fingerprint density at radius 1 is 1.33 bits per heavy atom. The van der Waals surface area contributed by atoms with Crippen LogP contribution in [0.3, 0.4) is 0 Å². The van der Waals surface area contributed by atoms with Crippen LogP contribution in [0, 0.1) is 0 Å². The van der Waals surface area contributed by atoms with Crippen LogP contribution >= 0.6 is 7.82 Å². The van der Waals surface area contributed by atoms with E-state index in [9.17, 15) is 14.7 Å². The Morgan fingerprint density at radius 2 is 1.60 bits per heavy atom. The van der Waals surface area contributed by atoms with Crippen molar-refractivity contribution in [2.75, 3.05) is 0 Å². The van der Waals surface area contributed by atoms with Gasteiger partial charge in [0.2, 0.25) is 0 Å². The average molecular weight is 253 g/mol. The van der Waals surface area contributed by atoms with Crippen LogP contribution in [0.1, 0.15) is 6.42 Å². The predicted octanol–water partition coefficient (Wildman–Crippen LogP) is -6.39. The van der Waals surface area contributed by atoms with Gasteiger partial charge in [0.25, 0.3) is 0 Å². The first-order chi connectivity index (χ1) is 6.04. The molecule has 11 heteroatoms. The maximum absolute atomic E-state index is 9.74. The van der Waals surface area contributed by atoms with E-state index >= 15 is 0 Å². The fourth-order valence-electron chi connectivity index (χ4n) is 0.271. The van der Waals surface area contributed by atoms with E-state index in [2.05, 4.69) is 0 Å². The zero-order valence-corrected chi connectivity index (χ0v) is 10.6. The molecule has 0 rings (SSSR count). The van der Waals surface area contributed by atoms with E-state index in [1.807, 2.05) is 0 Å². The molecule has 1 unspecified atom stereocenters. The Hall–Kier alpha value is 0.01000. The number of carboxylic acid groups (broad SMARTS) is 2. The molecule has 0 aromatic heterocycles. The number of hydrogen-bond donors (Lipinski definition) is 5. The Kier molecular flexibility index (Phi) is 12.6. The molecule has 0 aromatic carbocycles. The molecule has 0 amide bonds. The first-order valence-electron chi connectivity index (χ1n) is 3.00. The summed E-state index contributed by atoms with van der Waals surface area (Å²) in [6, 6.07) is -1.40. The SMILES string of the molecule is NC(CC(=O)O)C(=O)[O-].O=P(O)(O)O.[Na+]. The fourth-order valence-corrected chi connectivity index (χ4v) is 0.271. The molecule has 15 heavy (non-hydrogen) atoms. The maximum atomic E-state index is 9.74. The molecule has 9 nitrogen and oxygen atoms in total. The largest absolute Gasteiger partial charge is 1.00 e. The fraction of sp³-hybridized carbons (Fsp3) is 0.500. The quantitative estimate of drug-likeness (QED) is 0.241. The van der Waals surface area contributed by atoms with Crippen molar-refractivity contribution in [3.63, 3.8) is 0 Å². The minimum Gasteiger partial charge on any atom is -0.548 e. The molecule has 0 aromatic rings. The van der Waals surface area contributed by atoms with Crippen LogP contribution in [-0.2, 0) is 14.2 Å². The van der Waals surface area contributed by atoms with Gasteiger partial charge in [-0.05, 0) is 0 Å². The minimum atomic E-state index is -4.64. The number of phosphoric acid groups is 1. The van der Waals surface area contributed by atoms with Gasteiger partial charge in [-0.2, -0.15) is 0 Å². The normalized spacial score (nSPS) is 11.5. The van der Waals surface area contributed by atoms with Crippen molar-refractivity contribution in [3.8, 4) is 0 Å². The van der Waals surface area contributed by atoms with E-state index in [-0.39, 0.29) is 29.6 Å². The molecule has 0 saturated carbocycles. The standard InChI is InChI=1S/C4H7NO4.Na.H3O4P/c5-2(4(8)9)1-3(6)7;;1-5(2,3)4/h2H,1,5H2,(H,6,7)(H,8,9);;(H3,1,2,3,4)/q;+1;/p-1. The Labute approximate surface area is 106 Å². The van der Waals surface area contributed by atoms with Gasteiger partial charge in [0.15, 0.2) is 0 Å². The van der Waals surface area contributed by atoms with Gasteiger partial charge in [-0.15, -0.1) is 0 Å². The van der Waals surface area contributed by atoms with E-state index < -0.39 is 32.2 Å². The summed E-state index contributed by atoms with van der Waals surface area (Å²) in [4.78, 5) is 41.0. The smallest absolute Gasteiger partial charge is 0.548 e. The Morgan fingerprint density at radius 3 is 1.67 bits per heavy atom. The van der Waals surface area contributed by atoms with Gasteiger partial charge in [-0.25, -0.2) is 4.57 Å². The van der Waals surface area contributed by atoms with Crippen molar-refractivity contribution in [2.45, 2.75) is 12.5 Å². The molecular weight excluding hydrogens is 244 g/mol. The van der Waals surface area contributed by atoms with Crippen LogP contribution in [0.2, 0.25) is 0 Å². The van der Waals surface area contributed by atoms with Crippen molar-refractivity contribution in [3.05, 3.63) is 0 Å². The summed E-state index contributed by atoms with van der Waals surface area (Å²) in [6.07, 6.45) is -0.595. The number of aliphatic carboxylic acids is 2. The summed E-state index contributed by atoms with van der Waals surface area (Å²) < 4.78 is 8.88. The second-order valence-electron chi connectivity index (χ2n) is 2.04. The van der Waals surface area contributed by atoms with Gasteiger partial charge in [0, 0.05) is 0 Å². The zero-order valence-electron chi connectivity index (χ0n) is 7.73. The second-order valence-corrected chi connectivity index (χ2v) is 3.06. The van der Waals surface area contributed by atoms with Crippen LogP contribution in [0.4, 0.5) is 0 Å². The molecule has 6 N–H and O–H groups in total. The average Bonchev–Trinajstić information content (AvgIpc) is 1.80. The minimum absolute atomic E-state index is 0. The first kappa shape index (κ1) is 20.4. The van der Waals surface area contributed by atoms with Crippen molar-refractivity contribution >= 4 is 19.8 Å². The number of rotatable bonds is 3. The predicted molar refractivity (Wildman–Crippen MR) is 39.5 cm³/mol. The summed E-state index contributed by atoms with van der Waals surface area (Å²) >= 11 is 0. The van der Waals surface area contributed by atoms with E-state index in [4.69, 9.17) is 30.1 Å². The van der Waals surface area contributed by atoms with Gasteiger partial charge in [0.1, 0.15) is 0 Å². The molecule has 0 spiro atoms. The van der Waals surface area contributed by atoms with Crippen LogP contribution in [0.25, 0.3) is 0 Å². The maximum Gasteiger partial charge on any atom is 1.00 e. The molecule has 1 atom stereocenters. The van der Waals surface area contributed by atoms with Crippen molar-refractivity contribution in [2.24, 2.45) is 5.73 Å². The molecule has 84 valence electrons. The molecular formula is C4H9NNaO8P. The zero-order chi connectivity index (χ0) is 11.9. The van der Waals surface area contributed by atoms with Gasteiger partial charge >= 0.3 is 43.3 Å². The van der Waals surface area contributed by atoms with E-state index in [1.165, 1.54) is 0 Å². The van der Waals surface area contributed by atoms with Crippen molar-refractivity contribution in [1.29, 1.82) is 0 Å².